The van der Waals surface area contributed by atoms with Crippen molar-refractivity contribution in [1.29, 1.82) is 0 Å². The van der Waals surface area contributed by atoms with Crippen molar-refractivity contribution in [1.82, 2.24) is 10.2 Å². The third-order valence-electron chi connectivity index (χ3n) is 2.84. The van der Waals surface area contributed by atoms with E-state index >= 15 is 0 Å². The maximum atomic E-state index is 12.3. The van der Waals surface area contributed by atoms with E-state index in [-0.39, 0.29) is 11.4 Å². The van der Waals surface area contributed by atoms with Crippen LogP contribution < -0.4 is 5.32 Å². The molecule has 1 aromatic rings. The van der Waals surface area contributed by atoms with E-state index in [0.29, 0.717) is 32.7 Å². The molecule has 0 radical (unpaired) electrons. The number of hydrogen-bond donors (Lipinski definition) is 1. The SMILES string of the molecule is COCCN(Cc1cccs1)C(=O)CCNC(C)(C)C. The number of carbonyl (C=O) groups excluding carboxylic acids is 1. The largest absolute Gasteiger partial charge is 0.383 e. The highest BCUT2D eigenvalue weighted by molar-refractivity contribution is 7.09. The average molecular weight is 298 g/mol. The molecule has 1 N–H and O–H groups in total. The average Bonchev–Trinajstić information content (AvgIpc) is 2.85. The van der Waals surface area contributed by atoms with Gasteiger partial charge in [0.1, 0.15) is 0 Å². The fraction of sp³-hybridized carbons (Fsp3) is 0.667. The standard InChI is InChI=1S/C15H26N2O2S/c1-15(2,3)16-8-7-14(18)17(9-10-19-4)12-13-6-5-11-20-13/h5-6,11,16H,7-10,12H2,1-4H3. The van der Waals surface area contributed by atoms with Crippen molar-refractivity contribution in [3.05, 3.63) is 22.4 Å². The van der Waals surface area contributed by atoms with E-state index in [0.717, 1.165) is 0 Å². The van der Waals surface area contributed by atoms with Gasteiger partial charge >= 0.3 is 0 Å². The molecular weight excluding hydrogens is 272 g/mol. The van der Waals surface area contributed by atoms with Crippen molar-refractivity contribution >= 4 is 17.2 Å². The van der Waals surface area contributed by atoms with E-state index in [4.69, 9.17) is 4.74 Å². The molecule has 0 fully saturated rings. The molecule has 4 nitrogen and oxygen atoms in total. The fourth-order valence-electron chi connectivity index (χ4n) is 1.79. The Morgan fingerprint density at radius 3 is 2.75 bits per heavy atom. The molecule has 0 aromatic carbocycles. The normalized spacial score (nSPS) is 11.6. The van der Waals surface area contributed by atoms with Crippen LogP contribution in [0.15, 0.2) is 17.5 Å². The summed E-state index contributed by atoms with van der Waals surface area (Å²) in [7, 11) is 1.66. The molecule has 5 heteroatoms. The van der Waals surface area contributed by atoms with E-state index in [1.165, 1.54) is 4.88 Å². The Kier molecular flexibility index (Phi) is 7.19. The molecule has 1 heterocycles. The van der Waals surface area contributed by atoms with Crippen LogP contribution >= 0.6 is 11.3 Å². The van der Waals surface area contributed by atoms with E-state index in [9.17, 15) is 4.79 Å². The molecule has 0 atom stereocenters. The number of nitrogens with zero attached hydrogens (tertiary/aromatic N) is 1. The summed E-state index contributed by atoms with van der Waals surface area (Å²) in [5, 5.41) is 5.38. The Labute approximate surface area is 126 Å². The molecule has 1 aromatic heterocycles. The zero-order valence-electron chi connectivity index (χ0n) is 12.9. The number of thiophene rings is 1. The van der Waals surface area contributed by atoms with Crippen molar-refractivity contribution in [2.24, 2.45) is 0 Å². The summed E-state index contributed by atoms with van der Waals surface area (Å²) in [5.74, 6) is 0.173. The first-order valence-electron chi connectivity index (χ1n) is 6.96. The van der Waals surface area contributed by atoms with Gasteiger partial charge in [0, 0.05) is 37.0 Å². The van der Waals surface area contributed by atoms with Crippen LogP contribution in [0.1, 0.15) is 32.1 Å². The molecule has 1 amide bonds. The number of ether oxygens (including phenoxy) is 1. The molecular formula is C15H26N2O2S. The first-order valence-corrected chi connectivity index (χ1v) is 7.84. The van der Waals surface area contributed by atoms with Gasteiger partial charge in [0.15, 0.2) is 0 Å². The van der Waals surface area contributed by atoms with Crippen LogP contribution in [-0.2, 0) is 16.1 Å². The van der Waals surface area contributed by atoms with Gasteiger partial charge in [-0.05, 0) is 32.2 Å². The molecule has 0 aliphatic heterocycles. The summed E-state index contributed by atoms with van der Waals surface area (Å²) in [6.07, 6.45) is 0.520. The number of rotatable bonds is 8. The molecule has 0 unspecified atom stereocenters. The Balaban J connectivity index is 2.47. The van der Waals surface area contributed by atoms with Gasteiger partial charge in [-0.2, -0.15) is 0 Å². The lowest BCUT2D eigenvalue weighted by Crippen LogP contribution is -2.40. The minimum atomic E-state index is 0.0470. The van der Waals surface area contributed by atoms with E-state index in [1.807, 2.05) is 16.3 Å². The third-order valence-corrected chi connectivity index (χ3v) is 3.70. The summed E-state index contributed by atoms with van der Waals surface area (Å²) in [5.41, 5.74) is 0.0470. The molecule has 0 saturated heterocycles. The first kappa shape index (κ1) is 17.1. The summed E-state index contributed by atoms with van der Waals surface area (Å²) in [4.78, 5) is 15.4. The third kappa shape index (κ3) is 7.03. The maximum absolute atomic E-state index is 12.3. The van der Waals surface area contributed by atoms with Crippen molar-refractivity contribution in [2.75, 3.05) is 26.8 Å². The van der Waals surface area contributed by atoms with Gasteiger partial charge in [-0.25, -0.2) is 0 Å². The minimum Gasteiger partial charge on any atom is -0.383 e. The molecule has 1 rings (SSSR count). The van der Waals surface area contributed by atoms with E-state index in [1.54, 1.807) is 18.4 Å². The number of amides is 1. The lowest BCUT2D eigenvalue weighted by Gasteiger charge is -2.24. The topological polar surface area (TPSA) is 41.6 Å². The summed E-state index contributed by atoms with van der Waals surface area (Å²) < 4.78 is 5.09. The van der Waals surface area contributed by atoms with Crippen LogP contribution in [0.4, 0.5) is 0 Å². The van der Waals surface area contributed by atoms with Gasteiger partial charge in [0.2, 0.25) is 5.91 Å². The predicted octanol–water partition coefficient (Wildman–Crippen LogP) is 2.50. The van der Waals surface area contributed by atoms with E-state index < -0.39 is 0 Å². The highest BCUT2D eigenvalue weighted by atomic mass is 32.1. The zero-order valence-corrected chi connectivity index (χ0v) is 13.8. The van der Waals surface area contributed by atoms with Crippen LogP contribution in [0, 0.1) is 0 Å². The smallest absolute Gasteiger partial charge is 0.224 e. The molecule has 0 aliphatic rings. The summed E-state index contributed by atoms with van der Waals surface area (Å²) >= 11 is 1.68. The Hall–Kier alpha value is -0.910. The van der Waals surface area contributed by atoms with Crippen LogP contribution in [0.2, 0.25) is 0 Å². The second-order valence-electron chi connectivity index (χ2n) is 5.81. The number of carbonyl (C=O) groups is 1. The number of nitrogens with one attached hydrogen (secondary N) is 1. The van der Waals surface area contributed by atoms with Gasteiger partial charge < -0.3 is 15.0 Å². The Morgan fingerprint density at radius 2 is 2.20 bits per heavy atom. The van der Waals surface area contributed by atoms with Gasteiger partial charge in [-0.15, -0.1) is 11.3 Å². The van der Waals surface area contributed by atoms with Gasteiger partial charge in [0.05, 0.1) is 13.2 Å². The Bertz CT molecular complexity index is 385. The number of methoxy groups -OCH3 is 1. The summed E-state index contributed by atoms with van der Waals surface area (Å²) in [6.45, 7) is 8.90. The van der Waals surface area contributed by atoms with Crippen LogP contribution in [0.3, 0.4) is 0 Å². The second kappa shape index (κ2) is 8.39. The van der Waals surface area contributed by atoms with Crippen LogP contribution in [-0.4, -0.2) is 43.2 Å². The van der Waals surface area contributed by atoms with Gasteiger partial charge in [-0.1, -0.05) is 6.07 Å². The zero-order chi connectivity index (χ0) is 15.0. The summed E-state index contributed by atoms with van der Waals surface area (Å²) in [6, 6.07) is 4.07. The van der Waals surface area contributed by atoms with Crippen LogP contribution in [0.25, 0.3) is 0 Å². The Morgan fingerprint density at radius 1 is 1.45 bits per heavy atom. The lowest BCUT2D eigenvalue weighted by atomic mass is 10.1. The molecule has 0 aliphatic carbocycles. The molecule has 20 heavy (non-hydrogen) atoms. The first-order chi connectivity index (χ1) is 9.42. The second-order valence-corrected chi connectivity index (χ2v) is 6.85. The van der Waals surface area contributed by atoms with Crippen LogP contribution in [0.5, 0.6) is 0 Å². The van der Waals surface area contributed by atoms with Crippen molar-refractivity contribution in [2.45, 2.75) is 39.3 Å². The molecule has 0 saturated carbocycles. The van der Waals surface area contributed by atoms with Crippen molar-refractivity contribution < 1.29 is 9.53 Å². The minimum absolute atomic E-state index is 0.0470. The lowest BCUT2D eigenvalue weighted by molar-refractivity contribution is -0.132. The molecule has 0 spiro atoms. The highest BCUT2D eigenvalue weighted by Gasteiger charge is 2.15. The van der Waals surface area contributed by atoms with E-state index in [2.05, 4.69) is 32.2 Å². The van der Waals surface area contributed by atoms with Gasteiger partial charge in [0.25, 0.3) is 0 Å². The van der Waals surface area contributed by atoms with Crippen molar-refractivity contribution in [3.8, 4) is 0 Å². The number of hydrogen-bond acceptors (Lipinski definition) is 4. The van der Waals surface area contributed by atoms with Crippen molar-refractivity contribution in [3.63, 3.8) is 0 Å². The quantitative estimate of drug-likeness (QED) is 0.802. The highest BCUT2D eigenvalue weighted by Crippen LogP contribution is 2.12. The molecule has 0 bridgehead atoms. The monoisotopic (exact) mass is 298 g/mol. The van der Waals surface area contributed by atoms with Gasteiger partial charge in [-0.3, -0.25) is 4.79 Å². The molecule has 114 valence electrons. The maximum Gasteiger partial charge on any atom is 0.224 e. The predicted molar refractivity (Wildman–Crippen MR) is 84.0 cm³/mol. The fourth-order valence-corrected chi connectivity index (χ4v) is 2.51.